The molecule has 5 aliphatic heterocycles. The number of nitrogens with zero attached hydrogens (tertiary/aromatic N) is 9. The van der Waals surface area contributed by atoms with Crippen molar-refractivity contribution in [1.29, 1.82) is 0 Å². The molecule has 32 heteroatoms. The Morgan fingerprint density at radius 3 is 1.80 bits per heavy atom. The Kier molecular flexibility index (Phi) is 24.6. The Hall–Kier alpha value is -9.73. The summed E-state index contributed by atoms with van der Waals surface area (Å²) < 4.78 is 145. The molecule has 5 atom stereocenters. The number of halogens is 4. The lowest BCUT2D eigenvalue weighted by molar-refractivity contribution is -0.274. The summed E-state index contributed by atoms with van der Waals surface area (Å²) in [5.41, 5.74) is 23.4. The molecule has 8 aromatic rings. The number of pyridine rings is 5. The lowest BCUT2D eigenvalue weighted by Gasteiger charge is -2.53. The summed E-state index contributed by atoms with van der Waals surface area (Å²) >= 11 is 0. The van der Waals surface area contributed by atoms with Crippen LogP contribution in [-0.2, 0) is 36.6 Å². The first kappa shape index (κ1) is 83.2. The number of hydrogen-bond donors (Lipinski definition) is 5. The molecule has 5 saturated heterocycles. The minimum absolute atomic E-state index is 0.0130. The summed E-state index contributed by atoms with van der Waals surface area (Å²) in [5, 5.41) is -0.184. The highest BCUT2D eigenvalue weighted by molar-refractivity contribution is 7.92. The van der Waals surface area contributed by atoms with Gasteiger partial charge in [0.1, 0.15) is 51.2 Å². The van der Waals surface area contributed by atoms with Crippen LogP contribution in [0.1, 0.15) is 136 Å². The fourth-order valence-electron chi connectivity index (χ4n) is 15.3. The summed E-state index contributed by atoms with van der Waals surface area (Å²) in [6.07, 6.45) is -0.0254. The number of hydrogen-bond acceptors (Lipinski definition) is 22. The Morgan fingerprint density at radius 2 is 1.24 bits per heavy atom. The second kappa shape index (κ2) is 33.1. The molecule has 3 aromatic carbocycles. The van der Waals surface area contributed by atoms with Gasteiger partial charge in [-0.3, -0.25) is 14.4 Å². The van der Waals surface area contributed by atoms with Gasteiger partial charge in [0.2, 0.25) is 9.84 Å². The molecule has 0 spiro atoms. The Balaban J connectivity index is 0.000000167. The second-order valence-electron chi connectivity index (χ2n) is 31.4. The quantitative estimate of drug-likeness (QED) is 0.0329. The third-order valence-corrected chi connectivity index (χ3v) is 25.4. The highest BCUT2D eigenvalue weighted by Crippen LogP contribution is 2.47. The van der Waals surface area contributed by atoms with Crippen LogP contribution in [0.5, 0.6) is 11.5 Å². The first-order valence-corrected chi connectivity index (χ1v) is 41.6. The molecule has 598 valence electrons. The maximum absolute atomic E-state index is 14.5. The molecule has 2 amide bonds. The molecule has 1 aliphatic carbocycles. The zero-order chi connectivity index (χ0) is 81.3. The van der Waals surface area contributed by atoms with Crippen molar-refractivity contribution in [2.75, 3.05) is 72.1 Å². The van der Waals surface area contributed by atoms with Gasteiger partial charge < -0.3 is 41.4 Å². The third kappa shape index (κ3) is 19.3. The molecule has 10 heterocycles. The molecule has 2 unspecified atom stereocenters. The number of rotatable bonds is 21. The highest BCUT2D eigenvalue weighted by atomic mass is 32.2. The Labute approximate surface area is 651 Å². The smallest absolute Gasteiger partial charge is 0.493 e. The van der Waals surface area contributed by atoms with Crippen molar-refractivity contribution in [3.63, 3.8) is 0 Å². The number of alkyl halides is 3. The average molecular weight is 1600 g/mol. The van der Waals surface area contributed by atoms with E-state index < -0.39 is 71.1 Å². The van der Waals surface area contributed by atoms with E-state index in [0.29, 0.717) is 95.4 Å². The number of aryl methyl sites for hydroxylation is 1. The predicted molar refractivity (Wildman–Crippen MR) is 421 cm³/mol. The molecule has 5 aromatic heterocycles. The Bertz CT molecular complexity index is 5200. The third-order valence-electron chi connectivity index (χ3n) is 21.1. The van der Waals surface area contributed by atoms with Crippen LogP contribution in [0.25, 0.3) is 33.8 Å². The van der Waals surface area contributed by atoms with Gasteiger partial charge in [0.05, 0.1) is 46.1 Å². The molecule has 1 saturated carbocycles. The van der Waals surface area contributed by atoms with Crippen molar-refractivity contribution in [3.8, 4) is 45.3 Å². The minimum atomic E-state index is -4.82. The van der Waals surface area contributed by atoms with Gasteiger partial charge in [-0.1, -0.05) is 58.9 Å². The SMILES string of the molecule is CC(C)COc1cc(F)cc(-c2ccc(C(=O)CS(=O)(=O)c3cccc(CN)n3)c(N3CC4CC(C3)C4C)n2)c1.C[C@@H]1CN(c2nc(-c3ccc(OC(F)(F)F)cc3)ccc2C(=O)NS(=O)(=O)c2cccnc2N)C(C)(C)C1.Cc1cccc(-c2ccc(C(=O)NS(=O)(=O)N3CC[C@H](N)C3)c(N3C[C@@H](C)CC3(C)C)n2)c1C. The van der Waals surface area contributed by atoms with Crippen LogP contribution < -0.4 is 50.8 Å². The topological polar surface area (TPSA) is 352 Å². The summed E-state index contributed by atoms with van der Waals surface area (Å²) in [6, 6.07) is 32.3. The molecule has 6 aliphatic rings. The number of nitrogens with one attached hydrogen (secondary N) is 2. The number of nitrogen functional groups attached to an aromatic ring is 1. The van der Waals surface area contributed by atoms with Gasteiger partial charge in [-0.2, -0.15) is 12.7 Å². The monoisotopic (exact) mass is 1600 g/mol. The zero-order valence-electron chi connectivity index (χ0n) is 64.4. The van der Waals surface area contributed by atoms with Crippen LogP contribution in [0.2, 0.25) is 0 Å². The fraction of sp³-hybridized carbons (Fsp3) is 0.425. The highest BCUT2D eigenvalue weighted by Gasteiger charge is 2.46. The maximum atomic E-state index is 14.5. The lowest BCUT2D eigenvalue weighted by atomic mass is 9.62. The normalized spacial score (nSPS) is 20.1. The maximum Gasteiger partial charge on any atom is 0.573 e. The first-order chi connectivity index (χ1) is 52.6. The summed E-state index contributed by atoms with van der Waals surface area (Å²) in [6.45, 7) is 26.7. The molecule has 25 nitrogen and oxygen atoms in total. The van der Waals surface area contributed by atoms with Crippen LogP contribution in [0, 0.1) is 55.2 Å². The number of carbonyl (C=O) groups excluding carboxylic acids is 3. The number of benzene rings is 3. The number of nitrogens with two attached hydrogens (primary N) is 3. The van der Waals surface area contributed by atoms with Gasteiger partial charge in [0.15, 0.2) is 10.8 Å². The number of amides is 2. The predicted octanol–water partition coefficient (Wildman–Crippen LogP) is 11.9. The van der Waals surface area contributed by atoms with E-state index in [9.17, 15) is 57.2 Å². The number of ketones is 1. The van der Waals surface area contributed by atoms with Crippen LogP contribution in [0.3, 0.4) is 0 Å². The summed E-state index contributed by atoms with van der Waals surface area (Å²) in [5.74, 6) is 0.151. The minimum Gasteiger partial charge on any atom is -0.493 e. The van der Waals surface area contributed by atoms with Crippen molar-refractivity contribution in [3.05, 3.63) is 173 Å². The number of anilines is 4. The van der Waals surface area contributed by atoms with Crippen molar-refractivity contribution < 1.29 is 66.7 Å². The van der Waals surface area contributed by atoms with Gasteiger partial charge in [0, 0.05) is 91.9 Å². The second-order valence-corrected chi connectivity index (χ2v) is 36.7. The number of sulfonamides is 1. The van der Waals surface area contributed by atoms with Crippen molar-refractivity contribution in [2.24, 2.45) is 47.0 Å². The first-order valence-electron chi connectivity index (χ1n) is 37.1. The van der Waals surface area contributed by atoms with Gasteiger partial charge in [-0.05, 0) is 211 Å². The van der Waals surface area contributed by atoms with Crippen molar-refractivity contribution in [2.45, 2.75) is 142 Å². The number of ether oxygens (including phenoxy) is 2. The number of Topliss-reactive ketones (excluding diaryl/α,β-unsaturated/α-hetero) is 1. The average Bonchev–Trinajstić information content (AvgIpc) is 0.900. The van der Waals surface area contributed by atoms with E-state index in [1.54, 1.807) is 42.5 Å². The lowest BCUT2D eigenvalue weighted by Crippen LogP contribution is -2.54. The molecule has 112 heavy (non-hydrogen) atoms. The number of sulfone groups is 1. The fourth-order valence-corrected chi connectivity index (χ4v) is 18.8. The number of piperidine rings is 2. The molecule has 14 rings (SSSR count). The largest absolute Gasteiger partial charge is 0.573 e. The van der Waals surface area contributed by atoms with Crippen LogP contribution in [0.4, 0.5) is 40.8 Å². The number of fused-ring (bicyclic) bond motifs is 2. The summed E-state index contributed by atoms with van der Waals surface area (Å²) in [4.78, 5) is 68.3. The van der Waals surface area contributed by atoms with E-state index >= 15 is 0 Å². The van der Waals surface area contributed by atoms with E-state index in [1.165, 1.54) is 65.1 Å². The molecular weight excluding hydrogens is 1510 g/mol. The van der Waals surface area contributed by atoms with E-state index in [0.717, 1.165) is 73.4 Å². The number of aromatic nitrogens is 5. The van der Waals surface area contributed by atoms with Crippen molar-refractivity contribution in [1.82, 2.24) is 38.7 Å². The van der Waals surface area contributed by atoms with Gasteiger partial charge in [-0.15, -0.1) is 13.2 Å². The summed E-state index contributed by atoms with van der Waals surface area (Å²) in [7, 11) is -12.3. The number of carbonyl (C=O) groups is 3. The van der Waals surface area contributed by atoms with E-state index in [2.05, 4.69) is 88.7 Å². The standard InChI is InChI=1S/C30H35FN4O4S.C25H26F3N5O4S.C25H35N5O3S/c1-18(2)16-39-25-11-20(10-23(31)12-25)27-8-7-26(30(34-27)35-14-21-9-22(15-35)19(21)3)28(36)17-40(37,38)29-6-4-5-24(13-32)33-29;1-15-13-24(2,3)33(14-15)22-18(23(34)32-38(35,36)20-5-4-12-30-21(20)29)10-11-19(31-22)16-6-8-17(9-7-16)37-25(26,27)28;1-16-13-25(4,5)30(14-16)23-21(24(31)28-34(32,33)29-12-11-19(26)15-29)9-10-22(27-23)20-8-6-7-17(2)18(20)3/h4-8,10-12,18-19,21-22H,9,13-17,32H2,1-3H3;4-12,15H,13-14H2,1-3H3,(H2,29,30)(H,32,34);6-10,16,19H,11-15,26H2,1-5H3,(H,28,31)/t;15-;16-,19-/m.00/s1. The van der Waals surface area contributed by atoms with Crippen LogP contribution in [-0.4, -0.2) is 147 Å². The Morgan fingerprint density at radius 1 is 0.661 bits per heavy atom. The van der Waals surface area contributed by atoms with Gasteiger partial charge in [-0.25, -0.2) is 55.6 Å². The van der Waals surface area contributed by atoms with Gasteiger partial charge in [0.25, 0.3) is 21.8 Å². The van der Waals surface area contributed by atoms with E-state index in [-0.39, 0.29) is 80.5 Å². The molecule has 0 radical (unpaired) electrons. The van der Waals surface area contributed by atoms with E-state index in [1.807, 2.05) is 49.4 Å². The van der Waals surface area contributed by atoms with Crippen molar-refractivity contribution >= 4 is 70.9 Å². The zero-order valence-corrected chi connectivity index (χ0v) is 66.9. The van der Waals surface area contributed by atoms with Crippen LogP contribution >= 0.6 is 0 Å². The molecule has 6 fully saturated rings. The molecule has 2 bridgehead atoms. The molecular formula is C80H96F4N14O11S3. The van der Waals surface area contributed by atoms with Crippen LogP contribution in [0.15, 0.2) is 144 Å². The van der Waals surface area contributed by atoms with E-state index in [4.69, 9.17) is 31.9 Å². The van der Waals surface area contributed by atoms with Gasteiger partial charge >= 0.3 is 16.6 Å². The molecule has 8 N–H and O–H groups in total.